The molecule has 0 aromatic heterocycles. The molecular formula is C24H29N3O3. The lowest BCUT2D eigenvalue weighted by Crippen LogP contribution is -2.38. The highest BCUT2D eigenvalue weighted by molar-refractivity contribution is 5.96. The van der Waals surface area contributed by atoms with E-state index < -0.39 is 0 Å². The van der Waals surface area contributed by atoms with Gasteiger partial charge in [-0.15, -0.1) is 0 Å². The lowest BCUT2D eigenvalue weighted by Gasteiger charge is -2.33. The van der Waals surface area contributed by atoms with Crippen LogP contribution in [0.3, 0.4) is 0 Å². The number of carbonyl (C=O) groups is 1. The summed E-state index contributed by atoms with van der Waals surface area (Å²) in [5, 5.41) is 11.7. The van der Waals surface area contributed by atoms with Gasteiger partial charge in [0.05, 0.1) is 4.92 Å². The molecule has 0 unspecified atom stereocenters. The van der Waals surface area contributed by atoms with Gasteiger partial charge < -0.3 is 9.80 Å². The van der Waals surface area contributed by atoms with Crippen LogP contribution in [0.4, 0.5) is 11.4 Å². The van der Waals surface area contributed by atoms with E-state index in [9.17, 15) is 14.9 Å². The lowest BCUT2D eigenvalue weighted by atomic mass is 9.89. The topological polar surface area (TPSA) is 66.7 Å². The number of hydrogen-bond acceptors (Lipinski definition) is 4. The second kappa shape index (κ2) is 8.86. The molecule has 2 saturated heterocycles. The first-order chi connectivity index (χ1) is 14.5. The molecule has 0 N–H and O–H groups in total. The quantitative estimate of drug-likeness (QED) is 0.537. The molecule has 0 atom stereocenters. The number of nitro benzene ring substituents is 1. The molecule has 2 aromatic carbocycles. The van der Waals surface area contributed by atoms with E-state index in [0.717, 1.165) is 38.8 Å². The van der Waals surface area contributed by atoms with Crippen LogP contribution in [0.25, 0.3) is 0 Å². The Morgan fingerprint density at radius 3 is 2.27 bits per heavy atom. The molecule has 0 aliphatic carbocycles. The van der Waals surface area contributed by atoms with E-state index in [1.807, 2.05) is 11.0 Å². The van der Waals surface area contributed by atoms with Gasteiger partial charge in [-0.1, -0.05) is 37.3 Å². The summed E-state index contributed by atoms with van der Waals surface area (Å²) in [4.78, 5) is 28.3. The largest absolute Gasteiger partial charge is 0.366 e. The predicted octanol–water partition coefficient (Wildman–Crippen LogP) is 4.85. The number of piperidine rings is 2. The van der Waals surface area contributed by atoms with Crippen LogP contribution in [0.5, 0.6) is 0 Å². The second-order valence-electron chi connectivity index (χ2n) is 8.61. The Bertz CT molecular complexity index is 899. The highest BCUT2D eigenvalue weighted by Crippen LogP contribution is 2.33. The van der Waals surface area contributed by atoms with Crippen molar-refractivity contribution in [2.45, 2.75) is 38.5 Å². The standard InChI is InChI=1S/C24H29N3O3/c1-18-9-13-25(14-10-18)22-8-7-21(17-23(22)27(29)30)24(28)26-15-11-20(12-16-26)19-5-3-2-4-6-19/h2-8,17-18,20H,9-16H2,1H3. The first-order valence-electron chi connectivity index (χ1n) is 10.9. The SMILES string of the molecule is CC1CCN(c2ccc(C(=O)N3CCC(c4ccccc4)CC3)cc2[N+](=O)[O-])CC1. The third-order valence-electron chi connectivity index (χ3n) is 6.60. The Hall–Kier alpha value is -2.89. The van der Waals surface area contributed by atoms with Gasteiger partial charge in [-0.2, -0.15) is 0 Å². The Morgan fingerprint density at radius 1 is 0.967 bits per heavy atom. The van der Waals surface area contributed by atoms with Gasteiger partial charge >= 0.3 is 0 Å². The molecule has 4 rings (SSSR count). The number of rotatable bonds is 4. The van der Waals surface area contributed by atoms with Gasteiger partial charge in [0.2, 0.25) is 0 Å². The van der Waals surface area contributed by atoms with Gasteiger partial charge in [-0.25, -0.2) is 0 Å². The van der Waals surface area contributed by atoms with Gasteiger partial charge in [0, 0.05) is 37.8 Å². The van der Waals surface area contributed by atoms with Gasteiger partial charge in [-0.05, 0) is 55.2 Å². The minimum atomic E-state index is -0.355. The van der Waals surface area contributed by atoms with Crippen molar-refractivity contribution < 1.29 is 9.72 Å². The van der Waals surface area contributed by atoms with E-state index in [1.165, 1.54) is 11.6 Å². The predicted molar refractivity (Wildman–Crippen MR) is 118 cm³/mol. The summed E-state index contributed by atoms with van der Waals surface area (Å²) in [7, 11) is 0. The minimum absolute atomic E-state index is 0.0366. The zero-order valence-corrected chi connectivity index (χ0v) is 17.5. The van der Waals surface area contributed by atoms with Crippen molar-refractivity contribution in [3.8, 4) is 0 Å². The number of nitro groups is 1. The average molecular weight is 408 g/mol. The summed E-state index contributed by atoms with van der Waals surface area (Å²) < 4.78 is 0. The highest BCUT2D eigenvalue weighted by atomic mass is 16.6. The molecule has 0 saturated carbocycles. The first-order valence-corrected chi connectivity index (χ1v) is 10.9. The molecule has 1 amide bonds. The van der Waals surface area contributed by atoms with Crippen LogP contribution < -0.4 is 4.90 Å². The fourth-order valence-electron chi connectivity index (χ4n) is 4.64. The van der Waals surface area contributed by atoms with Crippen molar-refractivity contribution in [3.63, 3.8) is 0 Å². The molecule has 2 aliphatic heterocycles. The molecule has 2 aliphatic rings. The third-order valence-corrected chi connectivity index (χ3v) is 6.60. The third kappa shape index (κ3) is 4.32. The zero-order valence-electron chi connectivity index (χ0n) is 17.5. The molecule has 0 radical (unpaired) electrons. The van der Waals surface area contributed by atoms with Crippen LogP contribution in [0.15, 0.2) is 48.5 Å². The molecule has 2 fully saturated rings. The van der Waals surface area contributed by atoms with Crippen LogP contribution in [0, 0.1) is 16.0 Å². The Kier molecular flexibility index (Phi) is 6.02. The minimum Gasteiger partial charge on any atom is -0.366 e. The van der Waals surface area contributed by atoms with Gasteiger partial charge in [0.1, 0.15) is 5.69 Å². The summed E-state index contributed by atoms with van der Waals surface area (Å²) in [6, 6.07) is 15.4. The summed E-state index contributed by atoms with van der Waals surface area (Å²) >= 11 is 0. The van der Waals surface area contributed by atoms with Crippen LogP contribution in [0.1, 0.15) is 54.4 Å². The van der Waals surface area contributed by atoms with Gasteiger partial charge in [0.15, 0.2) is 0 Å². The van der Waals surface area contributed by atoms with E-state index in [4.69, 9.17) is 0 Å². The normalized spacial score (nSPS) is 18.4. The summed E-state index contributed by atoms with van der Waals surface area (Å²) in [6.45, 7) is 5.22. The van der Waals surface area contributed by atoms with Crippen LogP contribution in [-0.4, -0.2) is 41.9 Å². The van der Waals surface area contributed by atoms with Gasteiger partial charge in [0.25, 0.3) is 11.6 Å². The Morgan fingerprint density at radius 2 is 1.63 bits per heavy atom. The molecule has 158 valence electrons. The molecule has 2 aromatic rings. The summed E-state index contributed by atoms with van der Waals surface area (Å²) in [6.07, 6.45) is 3.91. The Labute approximate surface area is 177 Å². The highest BCUT2D eigenvalue weighted by Gasteiger charge is 2.28. The monoisotopic (exact) mass is 407 g/mol. The van der Waals surface area contributed by atoms with Crippen molar-refractivity contribution >= 4 is 17.3 Å². The van der Waals surface area contributed by atoms with Crippen molar-refractivity contribution in [2.24, 2.45) is 5.92 Å². The maximum absolute atomic E-state index is 13.0. The number of likely N-dealkylation sites (tertiary alicyclic amines) is 1. The Balaban J connectivity index is 1.46. The lowest BCUT2D eigenvalue weighted by molar-refractivity contribution is -0.384. The van der Waals surface area contributed by atoms with Crippen LogP contribution in [0.2, 0.25) is 0 Å². The smallest absolute Gasteiger partial charge is 0.293 e. The molecule has 0 spiro atoms. The van der Waals surface area contributed by atoms with Crippen LogP contribution >= 0.6 is 0 Å². The van der Waals surface area contributed by atoms with E-state index in [0.29, 0.717) is 36.2 Å². The molecule has 0 bridgehead atoms. The fraction of sp³-hybridized carbons (Fsp3) is 0.458. The number of carbonyl (C=O) groups excluding carboxylic acids is 1. The van der Waals surface area contributed by atoms with Crippen molar-refractivity contribution in [1.82, 2.24) is 4.90 Å². The van der Waals surface area contributed by atoms with Crippen molar-refractivity contribution in [1.29, 1.82) is 0 Å². The molecule has 2 heterocycles. The molecular weight excluding hydrogens is 378 g/mol. The van der Waals surface area contributed by atoms with E-state index in [2.05, 4.69) is 36.1 Å². The fourth-order valence-corrected chi connectivity index (χ4v) is 4.64. The number of nitrogens with zero attached hydrogens (tertiary/aromatic N) is 3. The number of hydrogen-bond donors (Lipinski definition) is 0. The average Bonchev–Trinajstić information content (AvgIpc) is 2.79. The summed E-state index contributed by atoms with van der Waals surface area (Å²) in [5.74, 6) is 1.01. The number of amides is 1. The number of benzene rings is 2. The zero-order chi connectivity index (χ0) is 21.1. The van der Waals surface area contributed by atoms with Gasteiger partial charge in [-0.3, -0.25) is 14.9 Å². The molecule has 30 heavy (non-hydrogen) atoms. The van der Waals surface area contributed by atoms with E-state index >= 15 is 0 Å². The van der Waals surface area contributed by atoms with E-state index in [-0.39, 0.29) is 16.5 Å². The van der Waals surface area contributed by atoms with Crippen molar-refractivity contribution in [2.75, 3.05) is 31.1 Å². The van der Waals surface area contributed by atoms with E-state index in [1.54, 1.807) is 12.1 Å². The maximum atomic E-state index is 13.0. The second-order valence-corrected chi connectivity index (χ2v) is 8.61. The maximum Gasteiger partial charge on any atom is 0.293 e. The molecule has 6 heteroatoms. The van der Waals surface area contributed by atoms with Crippen LogP contribution in [-0.2, 0) is 0 Å². The van der Waals surface area contributed by atoms with Crippen molar-refractivity contribution in [3.05, 3.63) is 69.8 Å². The molecule has 6 nitrogen and oxygen atoms in total. The number of anilines is 1. The first kappa shape index (κ1) is 20.4. The summed E-state index contributed by atoms with van der Waals surface area (Å²) in [5.41, 5.74) is 2.40.